The van der Waals surface area contributed by atoms with Crippen LogP contribution in [0.3, 0.4) is 0 Å². The molecule has 1 fully saturated rings. The van der Waals surface area contributed by atoms with E-state index >= 15 is 0 Å². The van der Waals surface area contributed by atoms with Gasteiger partial charge in [-0.15, -0.1) is 11.3 Å². The first-order valence-electron chi connectivity index (χ1n) is 5.95. The van der Waals surface area contributed by atoms with Gasteiger partial charge in [-0.3, -0.25) is 0 Å². The van der Waals surface area contributed by atoms with Gasteiger partial charge in [0.05, 0.1) is 18.2 Å². The van der Waals surface area contributed by atoms with E-state index in [-0.39, 0.29) is 0 Å². The topological polar surface area (TPSA) is 39.9 Å². The maximum atomic E-state index is 8.80. The molecule has 16 heavy (non-hydrogen) atoms. The Morgan fingerprint density at radius 2 is 2.19 bits per heavy atom. The molecule has 0 aliphatic carbocycles. The molecule has 1 aliphatic rings. The fourth-order valence-corrected chi connectivity index (χ4v) is 3.15. The van der Waals surface area contributed by atoms with E-state index in [0.29, 0.717) is 6.42 Å². The highest BCUT2D eigenvalue weighted by molar-refractivity contribution is 7.15. The van der Waals surface area contributed by atoms with Gasteiger partial charge in [-0.1, -0.05) is 13.3 Å². The van der Waals surface area contributed by atoms with Gasteiger partial charge in [0.25, 0.3) is 0 Å². The molecule has 2 heterocycles. The minimum absolute atomic E-state index is 0.515. The molecule has 86 valence electrons. The van der Waals surface area contributed by atoms with Gasteiger partial charge in [-0.05, 0) is 19.3 Å². The summed E-state index contributed by atoms with van der Waals surface area (Å²) < 4.78 is 0. The monoisotopic (exact) mass is 235 g/mol. The van der Waals surface area contributed by atoms with E-state index in [1.165, 1.54) is 17.7 Å². The lowest BCUT2D eigenvalue weighted by Crippen LogP contribution is -2.17. The molecule has 1 aromatic heterocycles. The Kier molecular flexibility index (Phi) is 3.79. The first kappa shape index (κ1) is 11.4. The summed E-state index contributed by atoms with van der Waals surface area (Å²) in [5.41, 5.74) is 1.15. The third-order valence-corrected chi connectivity index (χ3v) is 4.03. The second-order valence-corrected chi connectivity index (χ2v) is 5.21. The molecule has 2 rings (SSSR count). The van der Waals surface area contributed by atoms with Crippen molar-refractivity contribution in [3.05, 3.63) is 10.6 Å². The SMILES string of the molecule is CCCc1nc(N2CCCC2)sc1CC#N. The molecule has 1 aromatic rings. The molecule has 0 unspecified atom stereocenters. The van der Waals surface area contributed by atoms with Gasteiger partial charge >= 0.3 is 0 Å². The zero-order chi connectivity index (χ0) is 11.4. The van der Waals surface area contributed by atoms with Crippen LogP contribution in [0.1, 0.15) is 36.8 Å². The number of anilines is 1. The van der Waals surface area contributed by atoms with Gasteiger partial charge in [-0.2, -0.15) is 5.26 Å². The maximum absolute atomic E-state index is 8.80. The number of hydrogen-bond donors (Lipinski definition) is 0. The first-order valence-corrected chi connectivity index (χ1v) is 6.77. The van der Waals surface area contributed by atoms with Gasteiger partial charge in [0.15, 0.2) is 5.13 Å². The number of hydrogen-bond acceptors (Lipinski definition) is 4. The average Bonchev–Trinajstić information content (AvgIpc) is 2.89. The third kappa shape index (κ3) is 2.35. The van der Waals surface area contributed by atoms with Crippen molar-refractivity contribution < 1.29 is 0 Å². The molecule has 0 radical (unpaired) electrons. The highest BCUT2D eigenvalue weighted by Gasteiger charge is 2.18. The minimum atomic E-state index is 0.515. The second kappa shape index (κ2) is 5.31. The Morgan fingerprint density at radius 3 is 2.81 bits per heavy atom. The lowest BCUT2D eigenvalue weighted by Gasteiger charge is -2.12. The third-order valence-electron chi connectivity index (χ3n) is 2.87. The van der Waals surface area contributed by atoms with Crippen LogP contribution < -0.4 is 4.90 Å². The zero-order valence-corrected chi connectivity index (χ0v) is 10.5. The molecular formula is C12H17N3S. The number of aromatic nitrogens is 1. The van der Waals surface area contributed by atoms with Crippen molar-refractivity contribution in [2.45, 2.75) is 39.0 Å². The average molecular weight is 235 g/mol. The van der Waals surface area contributed by atoms with Crippen LogP contribution in [0, 0.1) is 11.3 Å². The van der Waals surface area contributed by atoms with Gasteiger partial charge < -0.3 is 4.90 Å². The van der Waals surface area contributed by atoms with Crippen LogP contribution in [0.2, 0.25) is 0 Å². The Labute approximate surface area is 101 Å². The minimum Gasteiger partial charge on any atom is -0.348 e. The highest BCUT2D eigenvalue weighted by atomic mass is 32.1. The predicted molar refractivity (Wildman–Crippen MR) is 66.9 cm³/mol. The van der Waals surface area contributed by atoms with E-state index in [4.69, 9.17) is 10.2 Å². The molecule has 0 amide bonds. The molecule has 0 N–H and O–H groups in total. The van der Waals surface area contributed by atoms with Crippen LogP contribution >= 0.6 is 11.3 Å². The van der Waals surface area contributed by atoms with Crippen LogP contribution in [0.15, 0.2) is 0 Å². The maximum Gasteiger partial charge on any atom is 0.185 e. The molecular weight excluding hydrogens is 218 g/mol. The van der Waals surface area contributed by atoms with Crippen LogP contribution in [-0.4, -0.2) is 18.1 Å². The van der Waals surface area contributed by atoms with Crippen LogP contribution in [0.4, 0.5) is 5.13 Å². The lowest BCUT2D eigenvalue weighted by molar-refractivity contribution is 0.868. The molecule has 0 saturated carbocycles. The summed E-state index contributed by atoms with van der Waals surface area (Å²) in [5.74, 6) is 0. The fraction of sp³-hybridized carbons (Fsp3) is 0.667. The van der Waals surface area contributed by atoms with Gasteiger partial charge in [0.1, 0.15) is 0 Å². The summed E-state index contributed by atoms with van der Waals surface area (Å²) in [6.45, 7) is 4.42. The normalized spacial score (nSPS) is 15.4. The lowest BCUT2D eigenvalue weighted by atomic mass is 10.2. The number of rotatable bonds is 4. The second-order valence-electron chi connectivity index (χ2n) is 4.15. The molecule has 0 spiro atoms. The van der Waals surface area contributed by atoms with Gasteiger partial charge in [-0.25, -0.2) is 4.98 Å². The molecule has 0 aromatic carbocycles. The van der Waals surface area contributed by atoms with E-state index in [9.17, 15) is 0 Å². The Balaban J connectivity index is 2.19. The van der Waals surface area contributed by atoms with E-state index in [2.05, 4.69) is 17.9 Å². The van der Waals surface area contributed by atoms with E-state index in [1.54, 1.807) is 11.3 Å². The van der Waals surface area contributed by atoms with Crippen LogP contribution in [0.5, 0.6) is 0 Å². The Morgan fingerprint density at radius 1 is 1.44 bits per heavy atom. The quantitative estimate of drug-likeness (QED) is 0.805. The number of nitrogens with zero attached hydrogens (tertiary/aromatic N) is 3. The molecule has 0 atom stereocenters. The highest BCUT2D eigenvalue weighted by Crippen LogP contribution is 2.29. The van der Waals surface area contributed by atoms with Crippen molar-refractivity contribution in [3.63, 3.8) is 0 Å². The summed E-state index contributed by atoms with van der Waals surface area (Å²) >= 11 is 1.71. The van der Waals surface area contributed by atoms with Crippen LogP contribution in [0.25, 0.3) is 0 Å². The Bertz CT molecular complexity index is 385. The predicted octanol–water partition coefficient (Wildman–Crippen LogP) is 2.76. The molecule has 1 aliphatic heterocycles. The number of thiazole rings is 1. The van der Waals surface area contributed by atoms with E-state index in [0.717, 1.165) is 36.8 Å². The van der Waals surface area contributed by atoms with Crippen molar-refractivity contribution in [3.8, 4) is 6.07 Å². The largest absolute Gasteiger partial charge is 0.348 e. The van der Waals surface area contributed by atoms with Crippen molar-refractivity contribution in [2.24, 2.45) is 0 Å². The summed E-state index contributed by atoms with van der Waals surface area (Å²) in [5, 5.41) is 9.93. The van der Waals surface area contributed by atoms with Crippen molar-refractivity contribution in [1.82, 2.24) is 4.98 Å². The zero-order valence-electron chi connectivity index (χ0n) is 9.70. The molecule has 1 saturated heterocycles. The summed E-state index contributed by atoms with van der Waals surface area (Å²) in [6, 6.07) is 2.24. The Hall–Kier alpha value is -1.08. The summed E-state index contributed by atoms with van der Waals surface area (Å²) in [7, 11) is 0. The molecule has 4 heteroatoms. The summed E-state index contributed by atoms with van der Waals surface area (Å²) in [4.78, 5) is 8.22. The van der Waals surface area contributed by atoms with Gasteiger partial charge in [0.2, 0.25) is 0 Å². The standard InChI is InChI=1S/C12H17N3S/c1-2-5-10-11(6-7-13)16-12(14-10)15-8-3-4-9-15/h2-6,8-9H2,1H3. The summed E-state index contributed by atoms with van der Waals surface area (Å²) in [6.07, 6.45) is 5.16. The van der Waals surface area contributed by atoms with Crippen LogP contribution in [-0.2, 0) is 12.8 Å². The smallest absolute Gasteiger partial charge is 0.185 e. The van der Waals surface area contributed by atoms with E-state index in [1.807, 2.05) is 0 Å². The molecule has 0 bridgehead atoms. The van der Waals surface area contributed by atoms with E-state index < -0.39 is 0 Å². The fourth-order valence-electron chi connectivity index (χ4n) is 2.06. The number of nitriles is 1. The molecule has 3 nitrogen and oxygen atoms in total. The van der Waals surface area contributed by atoms with Crippen molar-refractivity contribution >= 4 is 16.5 Å². The van der Waals surface area contributed by atoms with Crippen molar-refractivity contribution in [2.75, 3.05) is 18.0 Å². The van der Waals surface area contributed by atoms with Gasteiger partial charge in [0, 0.05) is 18.0 Å². The first-order chi connectivity index (χ1) is 7.85. The van der Waals surface area contributed by atoms with Crippen molar-refractivity contribution in [1.29, 1.82) is 5.26 Å². The number of aryl methyl sites for hydroxylation is 1.